The second-order valence-corrected chi connectivity index (χ2v) is 5.43. The molecule has 1 fully saturated rings. The Kier molecular flexibility index (Phi) is 4.06. The summed E-state index contributed by atoms with van der Waals surface area (Å²) in [7, 11) is 1.59. The fourth-order valence-corrected chi connectivity index (χ4v) is 2.03. The fraction of sp³-hybridized carbons (Fsp3) is 0.467. The van der Waals surface area contributed by atoms with Gasteiger partial charge in [-0.15, -0.1) is 0 Å². The van der Waals surface area contributed by atoms with Crippen LogP contribution >= 0.6 is 0 Å². The Bertz CT molecular complexity index is 534. The summed E-state index contributed by atoms with van der Waals surface area (Å²) < 4.78 is 15.2. The average molecular weight is 293 g/mol. The summed E-state index contributed by atoms with van der Waals surface area (Å²) in [4.78, 5) is 23.6. The molecule has 6 heteroatoms. The predicted octanol–water partition coefficient (Wildman–Crippen LogP) is 1.75. The first kappa shape index (κ1) is 15.2. The summed E-state index contributed by atoms with van der Waals surface area (Å²) in [6.45, 7) is 5.05. The topological polar surface area (TPSA) is 73.9 Å². The van der Waals surface area contributed by atoms with Gasteiger partial charge in [-0.3, -0.25) is 0 Å². The first-order valence-corrected chi connectivity index (χ1v) is 6.71. The van der Waals surface area contributed by atoms with E-state index in [1.807, 2.05) is 19.1 Å². The van der Waals surface area contributed by atoms with Gasteiger partial charge in [0.2, 0.25) is 0 Å². The van der Waals surface area contributed by atoms with Crippen LogP contribution in [0.1, 0.15) is 27.2 Å². The molecule has 2 aliphatic rings. The lowest BCUT2D eigenvalue weighted by Gasteiger charge is -2.30. The van der Waals surface area contributed by atoms with Crippen LogP contribution in [-0.4, -0.2) is 24.8 Å². The second kappa shape index (κ2) is 5.63. The van der Waals surface area contributed by atoms with Gasteiger partial charge in [0.05, 0.1) is 7.11 Å². The van der Waals surface area contributed by atoms with Crippen LogP contribution in [0.25, 0.3) is 0 Å². The van der Waals surface area contributed by atoms with Gasteiger partial charge in [-0.1, -0.05) is 6.92 Å². The van der Waals surface area contributed by atoms with Crippen LogP contribution in [0.2, 0.25) is 0 Å². The molecule has 1 aliphatic heterocycles. The molecule has 1 unspecified atom stereocenters. The van der Waals surface area contributed by atoms with Crippen molar-refractivity contribution in [2.24, 2.45) is 5.92 Å². The van der Waals surface area contributed by atoms with Crippen molar-refractivity contribution in [1.82, 2.24) is 5.32 Å². The van der Waals surface area contributed by atoms with Crippen molar-refractivity contribution in [3.8, 4) is 0 Å². The average Bonchev–Trinajstić information content (AvgIpc) is 2.38. The molecule has 0 amide bonds. The Hall–Kier alpha value is -2.24. The quantitative estimate of drug-likeness (QED) is 0.485. The monoisotopic (exact) mass is 293 g/mol. The van der Waals surface area contributed by atoms with E-state index in [0.717, 1.165) is 17.9 Å². The summed E-state index contributed by atoms with van der Waals surface area (Å²) in [5.41, 5.74) is 0.697. The molecule has 6 nitrogen and oxygen atoms in total. The summed E-state index contributed by atoms with van der Waals surface area (Å²) in [5, 5.41) is 2.97. The van der Waals surface area contributed by atoms with Gasteiger partial charge in [0.15, 0.2) is 5.57 Å². The number of carbonyl (C=O) groups excluding carboxylic acids is 2. The number of nitrogens with one attached hydrogen (secondary N) is 1. The lowest BCUT2D eigenvalue weighted by Crippen LogP contribution is -2.42. The Balaban J connectivity index is 2.14. The summed E-state index contributed by atoms with van der Waals surface area (Å²) in [6.07, 6.45) is 5.94. The van der Waals surface area contributed by atoms with E-state index in [0.29, 0.717) is 0 Å². The van der Waals surface area contributed by atoms with E-state index < -0.39 is 17.7 Å². The fourth-order valence-electron chi connectivity index (χ4n) is 2.03. The first-order chi connectivity index (χ1) is 9.82. The number of ether oxygens (including phenoxy) is 3. The normalized spacial score (nSPS) is 24.4. The molecule has 0 aromatic rings. The molecule has 2 rings (SSSR count). The summed E-state index contributed by atoms with van der Waals surface area (Å²) >= 11 is 0. The van der Waals surface area contributed by atoms with Gasteiger partial charge < -0.3 is 19.5 Å². The van der Waals surface area contributed by atoms with Crippen molar-refractivity contribution < 1.29 is 23.8 Å². The smallest absolute Gasteiger partial charge is 0.350 e. The van der Waals surface area contributed by atoms with Gasteiger partial charge in [0.1, 0.15) is 5.76 Å². The van der Waals surface area contributed by atoms with Crippen molar-refractivity contribution in [3.05, 3.63) is 35.4 Å². The largest absolute Gasteiger partial charge is 0.497 e. The van der Waals surface area contributed by atoms with Gasteiger partial charge in [-0.2, -0.15) is 0 Å². The summed E-state index contributed by atoms with van der Waals surface area (Å²) in [5.74, 6) is -1.66. The second-order valence-electron chi connectivity index (χ2n) is 5.43. The van der Waals surface area contributed by atoms with E-state index in [4.69, 9.17) is 14.2 Å². The Morgan fingerprint density at radius 2 is 1.95 bits per heavy atom. The third kappa shape index (κ3) is 3.45. The third-order valence-corrected chi connectivity index (χ3v) is 3.24. The zero-order chi connectivity index (χ0) is 15.6. The van der Waals surface area contributed by atoms with Crippen LogP contribution in [0.3, 0.4) is 0 Å². The molecule has 0 saturated carbocycles. The summed E-state index contributed by atoms with van der Waals surface area (Å²) in [6, 6.07) is 0. The van der Waals surface area contributed by atoms with Gasteiger partial charge in [-0.05, 0) is 24.5 Å². The van der Waals surface area contributed by atoms with E-state index in [1.54, 1.807) is 7.11 Å². The van der Waals surface area contributed by atoms with Crippen molar-refractivity contribution in [1.29, 1.82) is 0 Å². The van der Waals surface area contributed by atoms with Crippen molar-refractivity contribution >= 4 is 11.9 Å². The van der Waals surface area contributed by atoms with Crippen LogP contribution < -0.4 is 5.32 Å². The molecule has 0 aromatic carbocycles. The van der Waals surface area contributed by atoms with Gasteiger partial charge in [0, 0.05) is 25.7 Å². The highest BCUT2D eigenvalue weighted by Crippen LogP contribution is 2.24. The molecule has 0 spiro atoms. The Labute approximate surface area is 123 Å². The molecule has 1 aliphatic carbocycles. The molecular weight excluding hydrogens is 274 g/mol. The van der Waals surface area contributed by atoms with Crippen LogP contribution in [0, 0.1) is 5.92 Å². The molecule has 21 heavy (non-hydrogen) atoms. The first-order valence-electron chi connectivity index (χ1n) is 6.71. The molecule has 114 valence electrons. The SMILES string of the molecule is COC1=CCC(C)C(NC=C2C(=O)OC(C)(C)OC2=O)=C1. The minimum atomic E-state index is -1.23. The van der Waals surface area contributed by atoms with Crippen LogP contribution in [0.5, 0.6) is 0 Å². The Morgan fingerprint density at radius 3 is 2.52 bits per heavy atom. The molecule has 1 heterocycles. The molecule has 1 saturated heterocycles. The lowest BCUT2D eigenvalue weighted by molar-refractivity contribution is -0.222. The van der Waals surface area contributed by atoms with Crippen molar-refractivity contribution in [2.75, 3.05) is 7.11 Å². The number of rotatable bonds is 3. The minimum absolute atomic E-state index is 0.157. The molecular formula is C15H19NO5. The van der Waals surface area contributed by atoms with E-state index in [1.165, 1.54) is 20.0 Å². The van der Waals surface area contributed by atoms with E-state index >= 15 is 0 Å². The van der Waals surface area contributed by atoms with Crippen LogP contribution in [-0.2, 0) is 23.8 Å². The van der Waals surface area contributed by atoms with E-state index in [9.17, 15) is 9.59 Å². The molecule has 0 radical (unpaired) electrons. The maximum Gasteiger partial charge on any atom is 0.350 e. The highest BCUT2D eigenvalue weighted by molar-refractivity contribution is 6.15. The van der Waals surface area contributed by atoms with Crippen molar-refractivity contribution in [3.63, 3.8) is 0 Å². The molecule has 1 atom stereocenters. The number of methoxy groups -OCH3 is 1. The number of cyclic esters (lactones) is 2. The molecule has 0 bridgehead atoms. The highest BCUT2D eigenvalue weighted by Gasteiger charge is 2.39. The molecule has 0 aromatic heterocycles. The standard InChI is InChI=1S/C15H19NO5/c1-9-5-6-10(19-4)7-12(9)16-8-11-13(17)20-15(2,3)21-14(11)18/h6-9,16H,5H2,1-4H3. The lowest BCUT2D eigenvalue weighted by atomic mass is 9.98. The number of carbonyl (C=O) groups is 2. The maximum absolute atomic E-state index is 11.8. The Morgan fingerprint density at radius 1 is 1.33 bits per heavy atom. The molecule has 1 N–H and O–H groups in total. The van der Waals surface area contributed by atoms with Gasteiger partial charge in [-0.25, -0.2) is 9.59 Å². The number of esters is 2. The van der Waals surface area contributed by atoms with Gasteiger partial charge in [0.25, 0.3) is 5.79 Å². The number of hydrogen-bond donors (Lipinski definition) is 1. The van der Waals surface area contributed by atoms with Crippen LogP contribution in [0.4, 0.5) is 0 Å². The zero-order valence-corrected chi connectivity index (χ0v) is 12.6. The van der Waals surface area contributed by atoms with Crippen molar-refractivity contribution in [2.45, 2.75) is 33.0 Å². The van der Waals surface area contributed by atoms with E-state index in [2.05, 4.69) is 5.32 Å². The number of allylic oxidation sites excluding steroid dienone is 3. The number of hydrogen-bond acceptors (Lipinski definition) is 6. The predicted molar refractivity (Wildman–Crippen MR) is 74.4 cm³/mol. The zero-order valence-electron chi connectivity index (χ0n) is 12.6. The third-order valence-electron chi connectivity index (χ3n) is 3.24. The minimum Gasteiger partial charge on any atom is -0.497 e. The van der Waals surface area contributed by atoms with Gasteiger partial charge >= 0.3 is 11.9 Å². The highest BCUT2D eigenvalue weighted by atomic mass is 16.7. The van der Waals surface area contributed by atoms with Crippen LogP contribution in [0.15, 0.2) is 35.4 Å². The van der Waals surface area contributed by atoms with E-state index in [-0.39, 0.29) is 11.5 Å². The maximum atomic E-state index is 11.8.